The van der Waals surface area contributed by atoms with E-state index < -0.39 is 5.97 Å². The quantitative estimate of drug-likeness (QED) is 0.451. The highest BCUT2D eigenvalue weighted by atomic mass is 16.4. The molecule has 0 saturated carbocycles. The fourth-order valence-electron chi connectivity index (χ4n) is 2.83. The van der Waals surface area contributed by atoms with Crippen molar-refractivity contribution < 1.29 is 19.5 Å². The molecule has 0 bridgehead atoms. The molecule has 28 heavy (non-hydrogen) atoms. The first-order valence-corrected chi connectivity index (χ1v) is 9.99. The zero-order valence-corrected chi connectivity index (χ0v) is 17.3. The number of hydrogen-bond acceptors (Lipinski definition) is 3. The van der Waals surface area contributed by atoms with Gasteiger partial charge in [-0.25, -0.2) is 0 Å². The van der Waals surface area contributed by atoms with Crippen molar-refractivity contribution in [3.8, 4) is 0 Å². The van der Waals surface area contributed by atoms with E-state index in [9.17, 15) is 14.4 Å². The van der Waals surface area contributed by atoms with Gasteiger partial charge < -0.3 is 15.7 Å². The Kier molecular flexibility index (Phi) is 10.3. The number of amides is 2. The molecule has 0 saturated heterocycles. The lowest BCUT2D eigenvalue weighted by molar-refractivity contribution is -0.138. The van der Waals surface area contributed by atoms with Gasteiger partial charge in [-0.05, 0) is 43.6 Å². The van der Waals surface area contributed by atoms with Gasteiger partial charge in [-0.15, -0.1) is 0 Å². The highest BCUT2D eigenvalue weighted by Crippen LogP contribution is 2.20. The van der Waals surface area contributed by atoms with Gasteiger partial charge >= 0.3 is 5.97 Å². The van der Waals surface area contributed by atoms with Gasteiger partial charge in [0.1, 0.15) is 0 Å². The molecule has 0 aliphatic carbocycles. The zero-order chi connectivity index (χ0) is 21.0. The summed E-state index contributed by atoms with van der Waals surface area (Å²) in [6.45, 7) is 7.36. The maximum absolute atomic E-state index is 12.1. The molecule has 156 valence electrons. The third kappa shape index (κ3) is 11.4. The van der Waals surface area contributed by atoms with Crippen LogP contribution in [0.25, 0.3) is 0 Å². The molecule has 1 aromatic rings. The standard InChI is InChI=1S/C22H34N2O4/c1-17-8-10-18(11-9-17)6-4-7-19(25)24-16-22(2,3)14-5-15-23-20(26)12-13-21(27)28/h8-11H,4-7,12-16H2,1-3H3,(H,23,26)(H,24,25)(H,27,28). The molecule has 0 aliphatic rings. The Hall–Kier alpha value is -2.37. The van der Waals surface area contributed by atoms with Gasteiger partial charge in [-0.2, -0.15) is 0 Å². The number of carboxylic acid groups (broad SMARTS) is 1. The van der Waals surface area contributed by atoms with Crippen molar-refractivity contribution >= 4 is 17.8 Å². The molecular weight excluding hydrogens is 356 g/mol. The van der Waals surface area contributed by atoms with E-state index in [4.69, 9.17) is 5.11 Å². The number of aliphatic carboxylic acids is 1. The van der Waals surface area contributed by atoms with Crippen LogP contribution in [0.3, 0.4) is 0 Å². The van der Waals surface area contributed by atoms with E-state index in [0.717, 1.165) is 25.7 Å². The van der Waals surface area contributed by atoms with Crippen LogP contribution in [0.4, 0.5) is 0 Å². The number of hydrogen-bond donors (Lipinski definition) is 3. The van der Waals surface area contributed by atoms with Crippen molar-refractivity contribution in [2.24, 2.45) is 5.41 Å². The highest BCUT2D eigenvalue weighted by Gasteiger charge is 2.18. The summed E-state index contributed by atoms with van der Waals surface area (Å²) in [5.74, 6) is -1.13. The highest BCUT2D eigenvalue weighted by molar-refractivity contribution is 5.80. The maximum atomic E-state index is 12.1. The second kappa shape index (κ2) is 12.2. The summed E-state index contributed by atoms with van der Waals surface area (Å²) >= 11 is 0. The summed E-state index contributed by atoms with van der Waals surface area (Å²) in [5, 5.41) is 14.3. The fourth-order valence-corrected chi connectivity index (χ4v) is 2.83. The SMILES string of the molecule is Cc1ccc(CCCC(=O)NCC(C)(C)CCCNC(=O)CCC(=O)O)cc1. The van der Waals surface area contributed by atoms with Crippen LogP contribution < -0.4 is 10.6 Å². The molecule has 0 radical (unpaired) electrons. The van der Waals surface area contributed by atoms with Crippen LogP contribution in [-0.2, 0) is 20.8 Å². The predicted octanol–water partition coefficient (Wildman–Crippen LogP) is 3.22. The van der Waals surface area contributed by atoms with Crippen LogP contribution in [-0.4, -0.2) is 36.0 Å². The summed E-state index contributed by atoms with van der Waals surface area (Å²) in [4.78, 5) is 34.0. The number of carboxylic acids is 1. The Balaban J connectivity index is 2.14. The average Bonchev–Trinajstić information content (AvgIpc) is 2.63. The molecule has 0 spiro atoms. The van der Waals surface area contributed by atoms with Gasteiger partial charge in [-0.3, -0.25) is 14.4 Å². The van der Waals surface area contributed by atoms with E-state index in [1.165, 1.54) is 11.1 Å². The van der Waals surface area contributed by atoms with Crippen LogP contribution in [0.15, 0.2) is 24.3 Å². The number of carbonyl (C=O) groups is 3. The maximum Gasteiger partial charge on any atom is 0.303 e. The van der Waals surface area contributed by atoms with Crippen molar-refractivity contribution in [3.63, 3.8) is 0 Å². The molecule has 0 fully saturated rings. The molecular formula is C22H34N2O4. The van der Waals surface area contributed by atoms with Crippen molar-refractivity contribution in [3.05, 3.63) is 35.4 Å². The Bertz CT molecular complexity index is 638. The second-order valence-corrected chi connectivity index (χ2v) is 8.13. The van der Waals surface area contributed by atoms with Gasteiger partial charge in [0, 0.05) is 25.9 Å². The molecule has 1 rings (SSSR count). The van der Waals surface area contributed by atoms with E-state index in [-0.39, 0.29) is 30.1 Å². The van der Waals surface area contributed by atoms with Crippen LogP contribution in [0.2, 0.25) is 0 Å². The molecule has 0 heterocycles. The molecule has 0 unspecified atom stereocenters. The summed E-state index contributed by atoms with van der Waals surface area (Å²) in [6, 6.07) is 8.40. The normalized spacial score (nSPS) is 11.1. The van der Waals surface area contributed by atoms with Crippen molar-refractivity contribution in [1.82, 2.24) is 10.6 Å². The zero-order valence-electron chi connectivity index (χ0n) is 17.3. The minimum atomic E-state index is -0.967. The second-order valence-electron chi connectivity index (χ2n) is 8.13. The van der Waals surface area contributed by atoms with E-state index in [1.54, 1.807) is 0 Å². The molecule has 1 aromatic carbocycles. The van der Waals surface area contributed by atoms with E-state index in [0.29, 0.717) is 19.5 Å². The Labute approximate surface area is 168 Å². The van der Waals surface area contributed by atoms with Crippen LogP contribution >= 0.6 is 0 Å². The predicted molar refractivity (Wildman–Crippen MR) is 110 cm³/mol. The number of carbonyl (C=O) groups excluding carboxylic acids is 2. The molecule has 0 atom stereocenters. The lowest BCUT2D eigenvalue weighted by Gasteiger charge is -2.25. The fraction of sp³-hybridized carbons (Fsp3) is 0.591. The van der Waals surface area contributed by atoms with Gasteiger partial charge in [0.25, 0.3) is 0 Å². The Morgan fingerprint density at radius 1 is 0.929 bits per heavy atom. The monoisotopic (exact) mass is 390 g/mol. The first-order valence-electron chi connectivity index (χ1n) is 9.99. The van der Waals surface area contributed by atoms with Crippen LogP contribution in [0.1, 0.15) is 63.5 Å². The first kappa shape index (κ1) is 23.7. The summed E-state index contributed by atoms with van der Waals surface area (Å²) in [7, 11) is 0. The molecule has 3 N–H and O–H groups in total. The minimum absolute atomic E-state index is 0.0113. The number of nitrogens with one attached hydrogen (secondary N) is 2. The summed E-state index contributed by atoms with van der Waals surface area (Å²) in [6.07, 6.45) is 3.76. The third-order valence-corrected chi connectivity index (χ3v) is 4.67. The van der Waals surface area contributed by atoms with Gasteiger partial charge in [0.15, 0.2) is 0 Å². The molecule has 2 amide bonds. The molecule has 0 aromatic heterocycles. The lowest BCUT2D eigenvalue weighted by Crippen LogP contribution is -2.34. The number of aryl methyl sites for hydroxylation is 2. The van der Waals surface area contributed by atoms with Gasteiger partial charge in [-0.1, -0.05) is 43.7 Å². The van der Waals surface area contributed by atoms with Crippen molar-refractivity contribution in [2.45, 2.75) is 65.7 Å². The Morgan fingerprint density at radius 3 is 2.21 bits per heavy atom. The van der Waals surface area contributed by atoms with Gasteiger partial charge in [0.05, 0.1) is 6.42 Å². The number of benzene rings is 1. The lowest BCUT2D eigenvalue weighted by atomic mass is 9.87. The Morgan fingerprint density at radius 2 is 1.57 bits per heavy atom. The third-order valence-electron chi connectivity index (χ3n) is 4.67. The van der Waals surface area contributed by atoms with E-state index >= 15 is 0 Å². The minimum Gasteiger partial charge on any atom is -0.481 e. The van der Waals surface area contributed by atoms with E-state index in [1.807, 2.05) is 0 Å². The van der Waals surface area contributed by atoms with E-state index in [2.05, 4.69) is 55.7 Å². The molecule has 6 heteroatoms. The van der Waals surface area contributed by atoms with Crippen LogP contribution in [0, 0.1) is 12.3 Å². The van der Waals surface area contributed by atoms with Crippen molar-refractivity contribution in [2.75, 3.05) is 13.1 Å². The molecule has 6 nitrogen and oxygen atoms in total. The summed E-state index contributed by atoms with van der Waals surface area (Å²) in [5.41, 5.74) is 2.44. The molecule has 0 aliphatic heterocycles. The average molecular weight is 391 g/mol. The van der Waals surface area contributed by atoms with Crippen LogP contribution in [0.5, 0.6) is 0 Å². The largest absolute Gasteiger partial charge is 0.481 e. The topological polar surface area (TPSA) is 95.5 Å². The first-order chi connectivity index (χ1) is 13.2. The van der Waals surface area contributed by atoms with Gasteiger partial charge in [0.2, 0.25) is 11.8 Å². The number of rotatable bonds is 13. The summed E-state index contributed by atoms with van der Waals surface area (Å²) < 4.78 is 0. The smallest absolute Gasteiger partial charge is 0.303 e. The van der Waals surface area contributed by atoms with Crippen molar-refractivity contribution in [1.29, 1.82) is 0 Å².